The van der Waals surface area contributed by atoms with Crippen LogP contribution in [0.25, 0.3) is 11.0 Å². The van der Waals surface area contributed by atoms with E-state index in [1.54, 1.807) is 19.5 Å². The molecule has 98 valence electrons. The number of hydrogen-bond acceptors (Lipinski definition) is 4. The number of benzene rings is 1. The minimum Gasteiger partial charge on any atom is -0.493 e. The van der Waals surface area contributed by atoms with Crippen molar-refractivity contribution in [3.8, 4) is 5.75 Å². The number of rotatable bonds is 3. The monoisotopic (exact) mass is 257 g/mol. The summed E-state index contributed by atoms with van der Waals surface area (Å²) in [5.41, 5.74) is 1.32. The van der Waals surface area contributed by atoms with Gasteiger partial charge in [0.15, 0.2) is 11.3 Å². The van der Waals surface area contributed by atoms with Crippen LogP contribution >= 0.6 is 0 Å². The number of nitrogens with zero attached hydrogens (tertiary/aromatic N) is 1. The van der Waals surface area contributed by atoms with Gasteiger partial charge < -0.3 is 9.15 Å². The normalized spacial score (nSPS) is 17.3. The molecule has 2 aromatic rings. The summed E-state index contributed by atoms with van der Waals surface area (Å²) in [5, 5.41) is 0.972. The van der Waals surface area contributed by atoms with E-state index in [0.29, 0.717) is 11.3 Å². The van der Waals surface area contributed by atoms with Crippen LogP contribution in [0.2, 0.25) is 0 Å². The number of methoxy groups -OCH3 is 1. The zero-order valence-electron chi connectivity index (χ0n) is 10.8. The lowest BCUT2D eigenvalue weighted by atomic mass is 9.86. The van der Waals surface area contributed by atoms with Crippen LogP contribution < -0.4 is 4.74 Å². The van der Waals surface area contributed by atoms with E-state index in [-0.39, 0.29) is 0 Å². The zero-order valence-corrected chi connectivity index (χ0v) is 10.8. The van der Waals surface area contributed by atoms with Gasteiger partial charge in [-0.3, -0.25) is 0 Å². The Bertz CT molecular complexity index is 646. The van der Waals surface area contributed by atoms with E-state index in [0.717, 1.165) is 36.6 Å². The smallest absolute Gasteiger partial charge is 0.235 e. The van der Waals surface area contributed by atoms with Crippen LogP contribution in [0.3, 0.4) is 0 Å². The Kier molecular flexibility index (Phi) is 2.88. The first-order valence-corrected chi connectivity index (χ1v) is 6.44. The summed E-state index contributed by atoms with van der Waals surface area (Å²) < 4.78 is 10.8. The molecule has 0 spiro atoms. The molecule has 0 radical (unpaired) electrons. The average molecular weight is 257 g/mol. The van der Waals surface area contributed by atoms with Gasteiger partial charge in [0.25, 0.3) is 0 Å². The van der Waals surface area contributed by atoms with Crippen LogP contribution in [-0.4, -0.2) is 13.2 Å². The van der Waals surface area contributed by atoms with Gasteiger partial charge in [-0.25, -0.2) is 4.79 Å². The molecule has 0 aliphatic heterocycles. The standard InChI is InChI=1S/C15H15NO3/c1-18-13-5-4-12(11-6-9-19-14(11)13)15(16-10-17)7-2-3-8-15/h4-6,9H,2-3,7-8H2,1H3. The Balaban J connectivity index is 2.25. The number of isocyanates is 1. The largest absolute Gasteiger partial charge is 0.493 e. The van der Waals surface area contributed by atoms with E-state index >= 15 is 0 Å². The number of fused-ring (bicyclic) bond motifs is 1. The molecule has 0 unspecified atom stereocenters. The van der Waals surface area contributed by atoms with Gasteiger partial charge in [-0.1, -0.05) is 18.9 Å². The highest BCUT2D eigenvalue weighted by atomic mass is 16.5. The van der Waals surface area contributed by atoms with Crippen molar-refractivity contribution in [3.63, 3.8) is 0 Å². The van der Waals surface area contributed by atoms with Gasteiger partial charge in [0.05, 0.1) is 18.9 Å². The van der Waals surface area contributed by atoms with Crippen molar-refractivity contribution in [1.82, 2.24) is 0 Å². The number of aliphatic imine (C=N–C) groups is 1. The Labute approximate surface area is 111 Å². The van der Waals surface area contributed by atoms with E-state index in [1.807, 2.05) is 18.2 Å². The molecule has 0 N–H and O–H groups in total. The molecule has 4 heteroatoms. The molecule has 3 rings (SSSR count). The van der Waals surface area contributed by atoms with Crippen molar-refractivity contribution in [2.24, 2.45) is 4.99 Å². The summed E-state index contributed by atoms with van der Waals surface area (Å²) in [4.78, 5) is 14.9. The molecular weight excluding hydrogens is 242 g/mol. The third kappa shape index (κ3) is 1.76. The van der Waals surface area contributed by atoms with Crippen LogP contribution in [0.5, 0.6) is 5.75 Å². The zero-order chi connectivity index (χ0) is 13.3. The van der Waals surface area contributed by atoms with Crippen molar-refractivity contribution in [2.75, 3.05) is 7.11 Å². The summed E-state index contributed by atoms with van der Waals surface area (Å²) in [5.74, 6) is 0.701. The van der Waals surface area contributed by atoms with Gasteiger partial charge in [-0.15, -0.1) is 0 Å². The second-order valence-electron chi connectivity index (χ2n) is 4.92. The molecule has 0 bridgehead atoms. The van der Waals surface area contributed by atoms with Gasteiger partial charge in [0, 0.05) is 5.39 Å². The minimum atomic E-state index is -0.434. The summed E-state index contributed by atoms with van der Waals surface area (Å²) in [6, 6.07) is 5.78. The fraction of sp³-hybridized carbons (Fsp3) is 0.400. The molecule has 0 saturated heterocycles. The second kappa shape index (κ2) is 4.56. The van der Waals surface area contributed by atoms with Crippen molar-refractivity contribution in [1.29, 1.82) is 0 Å². The lowest BCUT2D eigenvalue weighted by Gasteiger charge is -2.23. The maximum absolute atomic E-state index is 10.8. The highest BCUT2D eigenvalue weighted by Crippen LogP contribution is 2.46. The fourth-order valence-corrected chi connectivity index (χ4v) is 3.09. The number of hydrogen-bond donors (Lipinski definition) is 0. The molecule has 1 aliphatic carbocycles. The van der Waals surface area contributed by atoms with E-state index in [1.165, 1.54) is 0 Å². The molecule has 1 aliphatic rings. The van der Waals surface area contributed by atoms with E-state index < -0.39 is 5.54 Å². The SMILES string of the molecule is COc1ccc(C2(N=C=O)CCCC2)c2ccoc12. The van der Waals surface area contributed by atoms with E-state index in [2.05, 4.69) is 4.99 Å². The minimum absolute atomic E-state index is 0.434. The van der Waals surface area contributed by atoms with Gasteiger partial charge in [-0.05, 0) is 30.5 Å². The molecule has 1 saturated carbocycles. The topological polar surface area (TPSA) is 51.8 Å². The summed E-state index contributed by atoms with van der Waals surface area (Å²) in [6.45, 7) is 0. The Morgan fingerprint density at radius 1 is 1.32 bits per heavy atom. The maximum Gasteiger partial charge on any atom is 0.235 e. The Morgan fingerprint density at radius 3 is 2.79 bits per heavy atom. The van der Waals surface area contributed by atoms with Gasteiger partial charge in [0.1, 0.15) is 0 Å². The molecule has 1 aromatic heterocycles. The lowest BCUT2D eigenvalue weighted by Crippen LogP contribution is -2.19. The lowest BCUT2D eigenvalue weighted by molar-refractivity contribution is 0.409. The third-order valence-electron chi connectivity index (χ3n) is 3.99. The second-order valence-corrected chi connectivity index (χ2v) is 4.92. The van der Waals surface area contributed by atoms with Crippen LogP contribution in [0.15, 0.2) is 33.9 Å². The van der Waals surface area contributed by atoms with Crippen molar-refractivity contribution < 1.29 is 13.9 Å². The van der Waals surface area contributed by atoms with Gasteiger partial charge in [0.2, 0.25) is 6.08 Å². The van der Waals surface area contributed by atoms with Crippen LogP contribution in [0.1, 0.15) is 31.2 Å². The quantitative estimate of drug-likeness (QED) is 0.624. The molecular formula is C15H15NO3. The van der Waals surface area contributed by atoms with Crippen LogP contribution in [0.4, 0.5) is 0 Å². The van der Waals surface area contributed by atoms with Crippen molar-refractivity contribution >= 4 is 17.0 Å². The van der Waals surface area contributed by atoms with Gasteiger partial charge in [-0.2, -0.15) is 4.99 Å². The molecule has 0 amide bonds. The number of ether oxygens (including phenoxy) is 1. The highest BCUT2D eigenvalue weighted by Gasteiger charge is 2.37. The first kappa shape index (κ1) is 12.0. The van der Waals surface area contributed by atoms with Crippen molar-refractivity contribution in [2.45, 2.75) is 31.2 Å². The Morgan fingerprint density at radius 2 is 2.11 bits per heavy atom. The summed E-state index contributed by atoms with van der Waals surface area (Å²) >= 11 is 0. The Hall–Kier alpha value is -2.06. The predicted octanol–water partition coefficient (Wildman–Crippen LogP) is 3.55. The first-order valence-electron chi connectivity index (χ1n) is 6.44. The molecule has 1 aromatic carbocycles. The average Bonchev–Trinajstić information content (AvgIpc) is 3.07. The van der Waals surface area contributed by atoms with E-state index in [9.17, 15) is 4.79 Å². The number of furan rings is 1. The molecule has 0 atom stereocenters. The highest BCUT2D eigenvalue weighted by molar-refractivity contribution is 5.87. The first-order chi connectivity index (χ1) is 9.30. The van der Waals surface area contributed by atoms with Gasteiger partial charge >= 0.3 is 0 Å². The number of carbonyl (C=O) groups excluding carboxylic acids is 1. The molecule has 4 nitrogen and oxygen atoms in total. The fourth-order valence-electron chi connectivity index (χ4n) is 3.09. The van der Waals surface area contributed by atoms with Crippen LogP contribution in [0, 0.1) is 0 Å². The molecule has 1 heterocycles. The summed E-state index contributed by atoms with van der Waals surface area (Å²) in [7, 11) is 1.62. The van der Waals surface area contributed by atoms with Crippen LogP contribution in [-0.2, 0) is 10.3 Å². The third-order valence-corrected chi connectivity index (χ3v) is 3.99. The molecule has 1 fully saturated rings. The molecule has 19 heavy (non-hydrogen) atoms. The van der Waals surface area contributed by atoms with Crippen molar-refractivity contribution in [3.05, 3.63) is 30.0 Å². The van der Waals surface area contributed by atoms with E-state index in [4.69, 9.17) is 9.15 Å². The maximum atomic E-state index is 10.8. The summed E-state index contributed by atoms with van der Waals surface area (Å²) in [6.07, 6.45) is 7.32. The predicted molar refractivity (Wildman–Crippen MR) is 71.0 cm³/mol.